The molecule has 0 spiro atoms. The number of aryl methyl sites for hydroxylation is 1. The van der Waals surface area contributed by atoms with E-state index < -0.39 is 11.0 Å². The zero-order valence-electron chi connectivity index (χ0n) is 9.61. The van der Waals surface area contributed by atoms with Gasteiger partial charge < -0.3 is 0 Å². The Morgan fingerprint density at radius 2 is 1.94 bits per heavy atom. The van der Waals surface area contributed by atoms with E-state index in [-0.39, 0.29) is 5.82 Å². The van der Waals surface area contributed by atoms with E-state index in [4.69, 9.17) is 16.7 Å². The molecule has 2 N–H and O–H groups in total. The Labute approximate surface area is 112 Å². The van der Waals surface area contributed by atoms with Gasteiger partial charge in [-0.05, 0) is 30.7 Å². The average molecular weight is 284 g/mol. The number of rotatable bonds is 2. The lowest BCUT2D eigenvalue weighted by Gasteiger charge is -2.09. The van der Waals surface area contributed by atoms with Crippen LogP contribution in [0.3, 0.4) is 0 Å². The van der Waals surface area contributed by atoms with Crippen molar-refractivity contribution >= 4 is 22.6 Å². The minimum atomic E-state index is -1.61. The molecule has 0 aliphatic rings. The van der Waals surface area contributed by atoms with E-state index in [1.165, 1.54) is 0 Å². The Hall–Kier alpha value is -1.23. The van der Waals surface area contributed by atoms with Crippen molar-refractivity contribution < 1.29 is 8.60 Å². The smallest absolute Gasteiger partial charge is 0.133 e. The third-order valence-corrected chi connectivity index (χ3v) is 3.70. The summed E-state index contributed by atoms with van der Waals surface area (Å²) in [5, 5.41) is 5.71. The highest BCUT2D eigenvalue weighted by atomic mass is 35.5. The van der Waals surface area contributed by atoms with Crippen molar-refractivity contribution in [2.45, 2.75) is 11.8 Å². The van der Waals surface area contributed by atoms with E-state index in [0.29, 0.717) is 26.6 Å². The molecule has 0 saturated heterocycles. The van der Waals surface area contributed by atoms with Crippen molar-refractivity contribution in [1.82, 2.24) is 0 Å². The van der Waals surface area contributed by atoms with Crippen LogP contribution in [-0.2, 0) is 11.0 Å². The van der Waals surface area contributed by atoms with Gasteiger partial charge in [-0.3, -0.25) is 0 Å². The first-order valence-corrected chi connectivity index (χ1v) is 6.81. The van der Waals surface area contributed by atoms with Gasteiger partial charge in [-0.1, -0.05) is 29.8 Å². The van der Waals surface area contributed by atoms with Crippen molar-refractivity contribution in [3.8, 4) is 11.1 Å². The Balaban J connectivity index is 2.66. The molecule has 2 aromatic carbocycles. The van der Waals surface area contributed by atoms with Gasteiger partial charge in [0.25, 0.3) is 0 Å². The summed E-state index contributed by atoms with van der Waals surface area (Å²) in [7, 11) is -1.61. The van der Waals surface area contributed by atoms with Gasteiger partial charge in [-0.25, -0.2) is 13.7 Å². The van der Waals surface area contributed by atoms with Crippen LogP contribution in [0.1, 0.15) is 5.56 Å². The Bertz CT molecular complexity index is 630. The zero-order chi connectivity index (χ0) is 13.3. The van der Waals surface area contributed by atoms with Gasteiger partial charge in [0.15, 0.2) is 0 Å². The highest BCUT2D eigenvalue weighted by Gasteiger charge is 2.12. The van der Waals surface area contributed by atoms with Gasteiger partial charge in [0, 0.05) is 16.1 Å². The molecule has 0 fully saturated rings. The molecule has 5 heteroatoms. The fraction of sp³-hybridized carbons (Fsp3) is 0.0769. The highest BCUT2D eigenvalue weighted by molar-refractivity contribution is 7.82. The van der Waals surface area contributed by atoms with Gasteiger partial charge in [0.2, 0.25) is 0 Å². The van der Waals surface area contributed by atoms with E-state index >= 15 is 0 Å². The van der Waals surface area contributed by atoms with Gasteiger partial charge in [0.1, 0.15) is 16.8 Å². The third kappa shape index (κ3) is 2.46. The van der Waals surface area contributed by atoms with Crippen LogP contribution in [-0.4, -0.2) is 4.21 Å². The number of hydrogen-bond acceptors (Lipinski definition) is 1. The predicted molar refractivity (Wildman–Crippen MR) is 72.2 cm³/mol. The van der Waals surface area contributed by atoms with Gasteiger partial charge >= 0.3 is 0 Å². The minimum absolute atomic E-state index is 0.334. The zero-order valence-corrected chi connectivity index (χ0v) is 11.2. The first-order chi connectivity index (χ1) is 8.50. The van der Waals surface area contributed by atoms with Crippen molar-refractivity contribution in [1.29, 1.82) is 0 Å². The molecule has 2 aromatic rings. The normalized spacial score (nSPS) is 12.4. The van der Waals surface area contributed by atoms with Crippen LogP contribution in [0, 0.1) is 12.7 Å². The molecular formula is C13H11ClFNOS. The minimum Gasteiger partial charge on any atom is -0.248 e. The number of halogens is 2. The fourth-order valence-electron chi connectivity index (χ4n) is 1.69. The van der Waals surface area contributed by atoms with E-state index in [9.17, 15) is 8.60 Å². The molecule has 0 aromatic heterocycles. The molecule has 1 unspecified atom stereocenters. The summed E-state index contributed by atoms with van der Waals surface area (Å²) in [6, 6.07) is 9.74. The van der Waals surface area contributed by atoms with E-state index in [0.717, 1.165) is 0 Å². The molecule has 94 valence electrons. The quantitative estimate of drug-likeness (QED) is 0.901. The first kappa shape index (κ1) is 13.2. The number of hydrogen-bond donors (Lipinski definition) is 1. The van der Waals surface area contributed by atoms with Gasteiger partial charge in [0.05, 0.1) is 4.90 Å². The average Bonchev–Trinajstić information content (AvgIpc) is 2.33. The molecule has 0 amide bonds. The molecule has 2 rings (SSSR count). The Morgan fingerprint density at radius 1 is 1.22 bits per heavy atom. The Kier molecular flexibility index (Phi) is 3.80. The van der Waals surface area contributed by atoms with Crippen LogP contribution in [0.4, 0.5) is 4.39 Å². The van der Waals surface area contributed by atoms with Gasteiger partial charge in [-0.15, -0.1) is 0 Å². The standard InChI is InChI=1S/C13H11ClFNOS/c1-8-3-2-4-10(13(8)15)11-7-9(18(16)17)5-6-12(11)14/h2-7H,16H2,1H3. The lowest BCUT2D eigenvalue weighted by Crippen LogP contribution is -2.02. The molecule has 1 atom stereocenters. The lowest BCUT2D eigenvalue weighted by atomic mass is 10.0. The topological polar surface area (TPSA) is 43.1 Å². The third-order valence-electron chi connectivity index (χ3n) is 2.65. The maximum atomic E-state index is 14.0. The van der Waals surface area contributed by atoms with E-state index in [2.05, 4.69) is 0 Å². The van der Waals surface area contributed by atoms with Crippen LogP contribution in [0.25, 0.3) is 11.1 Å². The molecule has 0 bridgehead atoms. The lowest BCUT2D eigenvalue weighted by molar-refractivity contribution is 0.622. The summed E-state index contributed by atoms with van der Waals surface area (Å²) >= 11 is 6.05. The summed E-state index contributed by atoms with van der Waals surface area (Å²) in [6.07, 6.45) is 0. The maximum absolute atomic E-state index is 14.0. The second-order valence-corrected chi connectivity index (χ2v) is 5.35. The number of benzene rings is 2. The summed E-state index contributed by atoms with van der Waals surface area (Å²) in [6.45, 7) is 1.68. The summed E-state index contributed by atoms with van der Waals surface area (Å²) in [4.78, 5) is 0.412. The molecule has 0 aliphatic carbocycles. The monoisotopic (exact) mass is 283 g/mol. The van der Waals surface area contributed by atoms with Crippen LogP contribution in [0.2, 0.25) is 5.02 Å². The number of nitrogens with two attached hydrogens (primary N) is 1. The van der Waals surface area contributed by atoms with Crippen LogP contribution in [0.5, 0.6) is 0 Å². The summed E-state index contributed by atoms with van der Waals surface area (Å²) < 4.78 is 25.3. The first-order valence-electron chi connectivity index (χ1n) is 5.22. The molecule has 0 heterocycles. The van der Waals surface area contributed by atoms with E-state index in [1.807, 2.05) is 0 Å². The molecule has 2 nitrogen and oxygen atoms in total. The molecule has 18 heavy (non-hydrogen) atoms. The SMILES string of the molecule is Cc1cccc(-c2cc(S(N)=O)ccc2Cl)c1F. The predicted octanol–water partition coefficient (Wildman–Crippen LogP) is 3.44. The molecular weight excluding hydrogens is 273 g/mol. The fourth-order valence-corrected chi connectivity index (χ4v) is 2.35. The largest absolute Gasteiger partial charge is 0.248 e. The van der Waals surface area contributed by atoms with Crippen LogP contribution < -0.4 is 5.14 Å². The Morgan fingerprint density at radius 3 is 2.61 bits per heavy atom. The second kappa shape index (κ2) is 5.18. The van der Waals surface area contributed by atoms with Crippen molar-refractivity contribution in [3.05, 3.63) is 52.8 Å². The van der Waals surface area contributed by atoms with Crippen molar-refractivity contribution in [3.63, 3.8) is 0 Å². The second-order valence-electron chi connectivity index (χ2n) is 3.88. The molecule has 0 radical (unpaired) electrons. The van der Waals surface area contributed by atoms with Crippen LogP contribution in [0.15, 0.2) is 41.3 Å². The maximum Gasteiger partial charge on any atom is 0.133 e. The van der Waals surface area contributed by atoms with Gasteiger partial charge in [-0.2, -0.15) is 0 Å². The van der Waals surface area contributed by atoms with Crippen molar-refractivity contribution in [2.75, 3.05) is 0 Å². The molecule has 0 saturated carbocycles. The summed E-state index contributed by atoms with van der Waals surface area (Å²) in [5.74, 6) is -0.334. The van der Waals surface area contributed by atoms with Crippen LogP contribution >= 0.6 is 11.6 Å². The van der Waals surface area contributed by atoms with Crippen molar-refractivity contribution in [2.24, 2.45) is 5.14 Å². The highest BCUT2D eigenvalue weighted by Crippen LogP contribution is 2.32. The summed E-state index contributed by atoms with van der Waals surface area (Å²) in [5.41, 5.74) is 1.41. The molecule has 0 aliphatic heterocycles. The van der Waals surface area contributed by atoms with E-state index in [1.54, 1.807) is 43.3 Å².